The number of amides is 1. The van der Waals surface area contributed by atoms with Crippen LogP contribution in [0.5, 0.6) is 0 Å². The van der Waals surface area contributed by atoms with Crippen LogP contribution in [0, 0.1) is 5.92 Å². The lowest BCUT2D eigenvalue weighted by Crippen LogP contribution is -2.51. The van der Waals surface area contributed by atoms with Crippen LogP contribution in [0.4, 0.5) is 0 Å². The first-order valence-electron chi connectivity index (χ1n) is 6.41. The average Bonchev–Trinajstić information content (AvgIpc) is 2.40. The molecule has 17 heavy (non-hydrogen) atoms. The molecular weight excluding hydrogens is 220 g/mol. The van der Waals surface area contributed by atoms with E-state index >= 15 is 0 Å². The van der Waals surface area contributed by atoms with Crippen LogP contribution in [-0.4, -0.2) is 63.4 Å². The Morgan fingerprint density at radius 2 is 2.47 bits per heavy atom. The fourth-order valence-corrected chi connectivity index (χ4v) is 2.53. The monoisotopic (exact) mass is 242 g/mol. The molecule has 0 bridgehead atoms. The third-order valence-electron chi connectivity index (χ3n) is 3.45. The maximum absolute atomic E-state index is 12.3. The third kappa shape index (κ3) is 3.40. The predicted octanol–water partition coefficient (Wildman–Crippen LogP) is -0.140. The number of morpholine rings is 1. The zero-order valence-corrected chi connectivity index (χ0v) is 10.5. The zero-order chi connectivity index (χ0) is 12.1. The van der Waals surface area contributed by atoms with Crippen molar-refractivity contribution in [2.45, 2.75) is 18.9 Å². The number of rotatable bonds is 3. The van der Waals surface area contributed by atoms with E-state index in [9.17, 15) is 4.79 Å². The molecule has 0 unspecified atom stereocenters. The summed E-state index contributed by atoms with van der Waals surface area (Å²) in [4.78, 5) is 14.2. The minimum absolute atomic E-state index is 0.0363. The Morgan fingerprint density at radius 1 is 1.59 bits per heavy atom. The van der Waals surface area contributed by atoms with Gasteiger partial charge in [-0.05, 0) is 19.4 Å². The van der Waals surface area contributed by atoms with Gasteiger partial charge in [0.25, 0.3) is 0 Å². The number of carbonyl (C=O) groups is 1. The number of hydrogen-bond acceptors (Lipinski definition) is 4. The summed E-state index contributed by atoms with van der Waals surface area (Å²) in [5.74, 6) is 0.437. The fourth-order valence-electron chi connectivity index (χ4n) is 2.53. The number of nitrogens with zero attached hydrogens (tertiary/aromatic N) is 1. The van der Waals surface area contributed by atoms with Crippen molar-refractivity contribution in [2.24, 2.45) is 5.92 Å². The van der Waals surface area contributed by atoms with Crippen molar-refractivity contribution in [1.82, 2.24) is 10.2 Å². The highest BCUT2D eigenvalue weighted by Crippen LogP contribution is 2.16. The minimum Gasteiger partial charge on any atom is -0.382 e. The SMILES string of the molecule is COC[C@@H]1CN(C(=O)[C@H]2CCCNC2)CCO1. The Labute approximate surface area is 102 Å². The highest BCUT2D eigenvalue weighted by molar-refractivity contribution is 5.79. The van der Waals surface area contributed by atoms with Crippen LogP contribution in [0.25, 0.3) is 0 Å². The molecule has 0 aromatic rings. The molecule has 2 aliphatic heterocycles. The smallest absolute Gasteiger partial charge is 0.227 e. The van der Waals surface area contributed by atoms with Crippen molar-refractivity contribution in [1.29, 1.82) is 0 Å². The Morgan fingerprint density at radius 3 is 3.18 bits per heavy atom. The molecule has 1 amide bonds. The van der Waals surface area contributed by atoms with E-state index in [1.165, 1.54) is 0 Å². The summed E-state index contributed by atoms with van der Waals surface area (Å²) < 4.78 is 10.6. The van der Waals surface area contributed by atoms with E-state index in [0.717, 1.165) is 32.5 Å². The second-order valence-electron chi connectivity index (χ2n) is 4.78. The lowest BCUT2D eigenvalue weighted by molar-refractivity contribution is -0.145. The molecule has 0 aromatic heterocycles. The van der Waals surface area contributed by atoms with Crippen LogP contribution in [0.1, 0.15) is 12.8 Å². The maximum atomic E-state index is 12.3. The Kier molecular flexibility index (Phi) is 4.76. The summed E-state index contributed by atoms with van der Waals surface area (Å²) in [6.07, 6.45) is 2.15. The molecule has 5 nitrogen and oxygen atoms in total. The zero-order valence-electron chi connectivity index (χ0n) is 10.5. The van der Waals surface area contributed by atoms with Gasteiger partial charge in [-0.1, -0.05) is 0 Å². The number of ether oxygens (including phenoxy) is 2. The van der Waals surface area contributed by atoms with Crippen molar-refractivity contribution >= 4 is 5.91 Å². The maximum Gasteiger partial charge on any atom is 0.227 e. The normalized spacial score (nSPS) is 30.3. The first kappa shape index (κ1) is 12.8. The molecule has 1 N–H and O–H groups in total. The minimum atomic E-state index is 0.0363. The van der Waals surface area contributed by atoms with Gasteiger partial charge >= 0.3 is 0 Å². The van der Waals surface area contributed by atoms with Crippen molar-refractivity contribution in [3.63, 3.8) is 0 Å². The van der Waals surface area contributed by atoms with Gasteiger partial charge in [-0.2, -0.15) is 0 Å². The largest absolute Gasteiger partial charge is 0.382 e. The topological polar surface area (TPSA) is 50.8 Å². The van der Waals surface area contributed by atoms with Gasteiger partial charge in [-0.15, -0.1) is 0 Å². The van der Waals surface area contributed by atoms with Crippen molar-refractivity contribution < 1.29 is 14.3 Å². The number of carbonyl (C=O) groups excluding carboxylic acids is 1. The van der Waals surface area contributed by atoms with Crippen LogP contribution >= 0.6 is 0 Å². The lowest BCUT2D eigenvalue weighted by Gasteiger charge is -2.35. The molecule has 0 aliphatic carbocycles. The molecular formula is C12H22N2O3. The van der Waals surface area contributed by atoms with Crippen LogP contribution < -0.4 is 5.32 Å². The van der Waals surface area contributed by atoms with E-state index in [4.69, 9.17) is 9.47 Å². The highest BCUT2D eigenvalue weighted by Gasteiger charge is 2.29. The van der Waals surface area contributed by atoms with Gasteiger partial charge in [0.05, 0.1) is 25.2 Å². The van der Waals surface area contributed by atoms with Gasteiger partial charge in [-0.3, -0.25) is 4.79 Å². The molecule has 0 saturated carbocycles. The van der Waals surface area contributed by atoms with Crippen LogP contribution in [0.2, 0.25) is 0 Å². The van der Waals surface area contributed by atoms with Gasteiger partial charge < -0.3 is 19.7 Å². The molecule has 2 saturated heterocycles. The van der Waals surface area contributed by atoms with E-state index in [2.05, 4.69) is 5.32 Å². The van der Waals surface area contributed by atoms with Crippen molar-refractivity contribution in [2.75, 3.05) is 46.5 Å². The Balaban J connectivity index is 1.85. The molecule has 5 heteroatoms. The van der Waals surface area contributed by atoms with E-state index in [0.29, 0.717) is 19.8 Å². The first-order valence-corrected chi connectivity index (χ1v) is 6.41. The Hall–Kier alpha value is -0.650. The van der Waals surface area contributed by atoms with Crippen molar-refractivity contribution in [3.05, 3.63) is 0 Å². The van der Waals surface area contributed by atoms with E-state index in [-0.39, 0.29) is 17.9 Å². The molecule has 98 valence electrons. The summed E-state index contributed by atoms with van der Waals surface area (Å²) >= 11 is 0. The van der Waals surface area contributed by atoms with E-state index < -0.39 is 0 Å². The van der Waals surface area contributed by atoms with E-state index in [1.807, 2.05) is 4.90 Å². The summed E-state index contributed by atoms with van der Waals surface area (Å²) in [6, 6.07) is 0. The summed E-state index contributed by atoms with van der Waals surface area (Å²) in [5, 5.41) is 3.29. The number of piperidine rings is 1. The van der Waals surface area contributed by atoms with Crippen LogP contribution in [0.3, 0.4) is 0 Å². The van der Waals surface area contributed by atoms with Gasteiger partial charge in [0.15, 0.2) is 0 Å². The van der Waals surface area contributed by atoms with Crippen molar-refractivity contribution in [3.8, 4) is 0 Å². The van der Waals surface area contributed by atoms with Gasteiger partial charge in [-0.25, -0.2) is 0 Å². The molecule has 0 aromatic carbocycles. The molecule has 2 rings (SSSR count). The molecule has 2 fully saturated rings. The Bertz CT molecular complexity index is 252. The molecule has 0 radical (unpaired) electrons. The summed E-state index contributed by atoms with van der Waals surface area (Å²) in [7, 11) is 1.66. The van der Waals surface area contributed by atoms with Gasteiger partial charge in [0.2, 0.25) is 5.91 Å². The predicted molar refractivity (Wildman–Crippen MR) is 63.8 cm³/mol. The van der Waals surface area contributed by atoms with E-state index in [1.54, 1.807) is 7.11 Å². The average molecular weight is 242 g/mol. The lowest BCUT2D eigenvalue weighted by atomic mass is 9.98. The fraction of sp³-hybridized carbons (Fsp3) is 0.917. The van der Waals surface area contributed by atoms with Gasteiger partial charge in [0, 0.05) is 26.7 Å². The van der Waals surface area contributed by atoms with Crippen LogP contribution in [0.15, 0.2) is 0 Å². The van der Waals surface area contributed by atoms with Gasteiger partial charge in [0.1, 0.15) is 0 Å². The molecule has 2 atom stereocenters. The highest BCUT2D eigenvalue weighted by atomic mass is 16.5. The van der Waals surface area contributed by atoms with Crippen LogP contribution in [-0.2, 0) is 14.3 Å². The third-order valence-corrected chi connectivity index (χ3v) is 3.45. The second-order valence-corrected chi connectivity index (χ2v) is 4.78. The molecule has 2 aliphatic rings. The molecule has 2 heterocycles. The standard InChI is InChI=1S/C12H22N2O3/c1-16-9-11-8-14(5-6-17-11)12(15)10-3-2-4-13-7-10/h10-11,13H,2-9H2,1H3/t10-,11-/m0/s1. The number of methoxy groups -OCH3 is 1. The number of hydrogen-bond donors (Lipinski definition) is 1. The number of nitrogens with one attached hydrogen (secondary N) is 1. The first-order chi connectivity index (χ1) is 8.31. The second kappa shape index (κ2) is 6.33. The summed E-state index contributed by atoms with van der Waals surface area (Å²) in [5.41, 5.74) is 0. The quantitative estimate of drug-likeness (QED) is 0.748. The summed E-state index contributed by atoms with van der Waals surface area (Å²) in [6.45, 7) is 4.44. The molecule has 0 spiro atoms.